The second-order valence-electron chi connectivity index (χ2n) is 9.63. The molecule has 172 valence electrons. The zero-order valence-corrected chi connectivity index (χ0v) is 20.3. The summed E-state index contributed by atoms with van der Waals surface area (Å²) >= 11 is 0. The average Bonchev–Trinajstić information content (AvgIpc) is 3.28. The van der Waals surface area contributed by atoms with E-state index in [1.807, 2.05) is 42.5 Å². The average molecular weight is 459 g/mol. The lowest BCUT2D eigenvalue weighted by molar-refractivity contribution is -0.660. The van der Waals surface area contributed by atoms with Crippen LogP contribution in [0.3, 0.4) is 0 Å². The highest BCUT2D eigenvalue weighted by molar-refractivity contribution is 6.15. The molecule has 0 amide bonds. The molecular formula is C32H29N2O+. The van der Waals surface area contributed by atoms with Crippen molar-refractivity contribution in [2.75, 3.05) is 0 Å². The molecule has 6 rings (SSSR count). The van der Waals surface area contributed by atoms with Crippen LogP contribution in [0.5, 0.6) is 0 Å². The minimum atomic E-state index is -0.490. The molecule has 1 aliphatic rings. The van der Waals surface area contributed by atoms with Gasteiger partial charge in [-0.2, -0.15) is 0 Å². The molecule has 1 saturated carbocycles. The molecule has 0 spiro atoms. The fourth-order valence-electron chi connectivity index (χ4n) is 5.63. The number of pyridine rings is 1. The lowest BCUT2D eigenvalue weighted by Crippen LogP contribution is -2.32. The minimum Gasteiger partial charge on any atom is -0.456 e. The molecule has 3 aromatic carbocycles. The maximum absolute atomic E-state index is 9.07. The molecular weight excluding hydrogens is 428 g/mol. The molecule has 0 unspecified atom stereocenters. The van der Waals surface area contributed by atoms with Gasteiger partial charge in [-0.1, -0.05) is 73.9 Å². The molecule has 0 bridgehead atoms. The predicted octanol–water partition coefficient (Wildman–Crippen LogP) is 8.65. The van der Waals surface area contributed by atoms with E-state index in [1.165, 1.54) is 6.42 Å². The van der Waals surface area contributed by atoms with E-state index in [2.05, 4.69) is 53.8 Å². The van der Waals surface area contributed by atoms with Crippen molar-refractivity contribution >= 4 is 27.6 Å². The third-order valence-electron chi connectivity index (χ3n) is 7.43. The van der Waals surface area contributed by atoms with Crippen molar-refractivity contribution in [1.82, 2.24) is 0 Å². The van der Waals surface area contributed by atoms with Gasteiger partial charge in [-0.05, 0) is 42.9 Å². The maximum Gasteiger partial charge on any atom is 0.216 e. The Bertz CT molecular complexity index is 1650. The first-order chi connectivity index (χ1) is 17.5. The molecule has 35 heavy (non-hydrogen) atoms. The molecule has 0 N–H and O–H groups in total. The molecule has 3 nitrogen and oxygen atoms in total. The number of benzene rings is 3. The second kappa shape index (κ2) is 8.71. The zero-order chi connectivity index (χ0) is 24.9. The summed E-state index contributed by atoms with van der Waals surface area (Å²) < 4.78 is 17.9. The highest BCUT2D eigenvalue weighted by Crippen LogP contribution is 2.44. The lowest BCUT2D eigenvalue weighted by Gasteiger charge is -2.21. The van der Waals surface area contributed by atoms with Crippen molar-refractivity contribution in [1.29, 1.82) is 0 Å². The Balaban J connectivity index is 1.58. The molecule has 5 aromatic rings. The fraction of sp³-hybridized carbons (Fsp3) is 0.250. The van der Waals surface area contributed by atoms with Crippen LogP contribution in [0.1, 0.15) is 50.5 Å². The van der Waals surface area contributed by atoms with Gasteiger partial charge in [0.2, 0.25) is 5.69 Å². The lowest BCUT2D eigenvalue weighted by atomic mass is 9.84. The van der Waals surface area contributed by atoms with Crippen LogP contribution in [-0.2, 0) is 7.05 Å². The van der Waals surface area contributed by atoms with Crippen LogP contribution < -0.4 is 4.57 Å². The summed E-state index contributed by atoms with van der Waals surface area (Å²) in [6.45, 7) is 9.88. The summed E-state index contributed by atoms with van der Waals surface area (Å²) in [6, 6.07) is 22.5. The monoisotopic (exact) mass is 458 g/mol. The van der Waals surface area contributed by atoms with Crippen LogP contribution >= 0.6 is 0 Å². The Hall–Kier alpha value is -3.90. The number of fused-ring (bicyclic) bond motifs is 3. The molecule has 2 aromatic heterocycles. The van der Waals surface area contributed by atoms with Gasteiger partial charge in [-0.3, -0.25) is 0 Å². The Morgan fingerprint density at radius 3 is 2.31 bits per heavy atom. The first-order valence-corrected chi connectivity index (χ1v) is 12.4. The highest BCUT2D eigenvalue weighted by Gasteiger charge is 2.25. The standard InChI is InChI=1S/C32H29N2O/c1-21-14-16-25-26-17-18-27(33-2)30(23-12-8-5-9-13-23)32(26)35-31(25)29(21)28-19-15-24(20-34(28)3)22-10-6-4-7-11-22/h5,8-9,12-20,22H,4,6-7,10-11H2,1,3H3/q+1/i22D. The van der Waals surface area contributed by atoms with Gasteiger partial charge in [0.25, 0.3) is 0 Å². The van der Waals surface area contributed by atoms with E-state index in [0.29, 0.717) is 5.69 Å². The van der Waals surface area contributed by atoms with Gasteiger partial charge in [0.1, 0.15) is 18.2 Å². The van der Waals surface area contributed by atoms with Gasteiger partial charge in [0.15, 0.2) is 11.9 Å². The normalized spacial score (nSPS) is 15.7. The SMILES string of the molecule is [2H]C1(c2ccc(-c3c(C)ccc4c3oc3c(-c5ccccc5)c([N+]#[C-])ccc34)[n+](C)c2)CCCCC1. The van der Waals surface area contributed by atoms with E-state index in [4.69, 9.17) is 12.4 Å². The van der Waals surface area contributed by atoms with Crippen molar-refractivity contribution in [2.45, 2.75) is 44.9 Å². The molecule has 0 saturated heterocycles. The number of aryl methyl sites for hydroxylation is 2. The fourth-order valence-corrected chi connectivity index (χ4v) is 5.63. The van der Waals surface area contributed by atoms with E-state index < -0.39 is 5.89 Å². The summed E-state index contributed by atoms with van der Waals surface area (Å²) in [7, 11) is 2.07. The van der Waals surface area contributed by atoms with Crippen LogP contribution in [0.25, 0.3) is 49.2 Å². The van der Waals surface area contributed by atoms with Crippen molar-refractivity contribution in [3.8, 4) is 22.4 Å². The molecule has 1 aliphatic carbocycles. The molecule has 2 heterocycles. The number of aromatic nitrogens is 1. The summed E-state index contributed by atoms with van der Waals surface area (Å²) in [5, 5.41) is 2.07. The molecule has 1 fully saturated rings. The van der Waals surface area contributed by atoms with Gasteiger partial charge < -0.3 is 4.42 Å². The third-order valence-corrected chi connectivity index (χ3v) is 7.43. The summed E-state index contributed by atoms with van der Waals surface area (Å²) in [5.74, 6) is -0.490. The number of rotatable bonds is 3. The van der Waals surface area contributed by atoms with Crippen LogP contribution in [0, 0.1) is 13.5 Å². The largest absolute Gasteiger partial charge is 0.456 e. The summed E-state index contributed by atoms with van der Waals surface area (Å²) in [5.41, 5.74) is 8.36. The molecule has 0 atom stereocenters. The van der Waals surface area contributed by atoms with Crippen molar-refractivity contribution in [3.63, 3.8) is 0 Å². The first-order valence-electron chi connectivity index (χ1n) is 12.9. The van der Waals surface area contributed by atoms with Crippen molar-refractivity contribution in [2.24, 2.45) is 7.05 Å². The van der Waals surface area contributed by atoms with Crippen LogP contribution in [0.2, 0.25) is 0 Å². The van der Waals surface area contributed by atoms with Crippen molar-refractivity contribution in [3.05, 3.63) is 95.5 Å². The predicted molar refractivity (Wildman–Crippen MR) is 143 cm³/mol. The van der Waals surface area contributed by atoms with Gasteiger partial charge >= 0.3 is 0 Å². The molecule has 0 radical (unpaired) electrons. The number of hydrogen-bond donors (Lipinski definition) is 0. The quantitative estimate of drug-likeness (QED) is 0.196. The van der Waals surface area contributed by atoms with E-state index in [0.717, 1.165) is 81.1 Å². The van der Waals surface area contributed by atoms with Crippen LogP contribution in [-0.4, -0.2) is 0 Å². The Morgan fingerprint density at radius 2 is 1.60 bits per heavy atom. The topological polar surface area (TPSA) is 21.4 Å². The Kier molecular flexibility index (Phi) is 5.09. The van der Waals surface area contributed by atoms with E-state index >= 15 is 0 Å². The number of nitrogens with zero attached hydrogens (tertiary/aromatic N) is 2. The summed E-state index contributed by atoms with van der Waals surface area (Å²) in [6.07, 6.45) is 7.48. The molecule has 0 aliphatic heterocycles. The highest BCUT2D eigenvalue weighted by atomic mass is 16.3. The second-order valence-corrected chi connectivity index (χ2v) is 9.63. The Morgan fingerprint density at radius 1 is 0.886 bits per heavy atom. The van der Waals surface area contributed by atoms with Gasteiger partial charge in [-0.25, -0.2) is 9.41 Å². The van der Waals surface area contributed by atoms with E-state index in [9.17, 15) is 0 Å². The minimum absolute atomic E-state index is 0.490. The number of furan rings is 1. The van der Waals surface area contributed by atoms with Gasteiger partial charge in [0.05, 0.1) is 12.1 Å². The molecule has 3 heteroatoms. The van der Waals surface area contributed by atoms with Gasteiger partial charge in [-0.15, -0.1) is 0 Å². The summed E-state index contributed by atoms with van der Waals surface area (Å²) in [4.78, 5) is 3.81. The zero-order valence-electron chi connectivity index (χ0n) is 21.3. The van der Waals surface area contributed by atoms with E-state index in [-0.39, 0.29) is 0 Å². The van der Waals surface area contributed by atoms with Gasteiger partial charge in [0, 0.05) is 29.3 Å². The number of hydrogen-bond acceptors (Lipinski definition) is 1. The maximum atomic E-state index is 9.07. The Labute approximate surface area is 207 Å². The van der Waals surface area contributed by atoms with E-state index in [1.54, 1.807) is 0 Å². The van der Waals surface area contributed by atoms with Crippen LogP contribution in [0.15, 0.2) is 77.3 Å². The smallest absolute Gasteiger partial charge is 0.216 e. The third kappa shape index (κ3) is 3.61. The van der Waals surface area contributed by atoms with Crippen molar-refractivity contribution < 1.29 is 10.4 Å². The van der Waals surface area contributed by atoms with Crippen LogP contribution in [0.4, 0.5) is 5.69 Å². The first kappa shape index (κ1) is 20.5.